The molecule has 0 radical (unpaired) electrons. The molecule has 0 bridgehead atoms. The molecule has 0 aliphatic heterocycles. The van der Waals surface area contributed by atoms with Crippen LogP contribution >= 0.6 is 0 Å². The summed E-state index contributed by atoms with van der Waals surface area (Å²) in [7, 11) is 0. The van der Waals surface area contributed by atoms with E-state index in [4.69, 9.17) is 10.5 Å². The first-order valence-corrected chi connectivity index (χ1v) is 6.59. The lowest BCUT2D eigenvalue weighted by atomic mass is 10.1. The molecular weight excluding hydrogens is 226 g/mol. The number of benzene rings is 1. The Morgan fingerprint density at radius 3 is 2.61 bits per heavy atom. The van der Waals surface area contributed by atoms with Gasteiger partial charge in [-0.05, 0) is 17.9 Å². The van der Waals surface area contributed by atoms with Crippen LogP contribution in [0.3, 0.4) is 0 Å². The summed E-state index contributed by atoms with van der Waals surface area (Å²) in [4.78, 5) is 11.6. The summed E-state index contributed by atoms with van der Waals surface area (Å²) in [6.07, 6.45) is 2.43. The van der Waals surface area contributed by atoms with E-state index in [1.54, 1.807) is 0 Å². The normalized spacial score (nSPS) is 13.9. The van der Waals surface area contributed by atoms with Gasteiger partial charge in [0.05, 0.1) is 13.0 Å². The van der Waals surface area contributed by atoms with Crippen molar-refractivity contribution in [3.8, 4) is 0 Å². The van der Waals surface area contributed by atoms with Gasteiger partial charge in [-0.3, -0.25) is 4.79 Å². The Labute approximate surface area is 109 Å². The summed E-state index contributed by atoms with van der Waals surface area (Å²) in [5.74, 6) is 0.209. The molecule has 0 saturated carbocycles. The molecule has 0 amide bonds. The molecule has 0 heterocycles. The van der Waals surface area contributed by atoms with E-state index in [9.17, 15) is 4.79 Å². The minimum absolute atomic E-state index is 0.214. The van der Waals surface area contributed by atoms with Crippen LogP contribution in [0, 0.1) is 5.92 Å². The van der Waals surface area contributed by atoms with Gasteiger partial charge in [0.1, 0.15) is 0 Å². The minimum Gasteiger partial charge on any atom is -0.465 e. The maximum atomic E-state index is 11.6. The summed E-state index contributed by atoms with van der Waals surface area (Å²) in [5.41, 5.74) is 6.93. The van der Waals surface area contributed by atoms with Crippen molar-refractivity contribution < 1.29 is 9.53 Å². The van der Waals surface area contributed by atoms with E-state index in [1.165, 1.54) is 0 Å². The largest absolute Gasteiger partial charge is 0.465 e. The predicted octanol–water partition coefficient (Wildman–Crippen LogP) is 3.06. The average Bonchev–Trinajstić information content (AvgIpc) is 2.38. The second-order valence-electron chi connectivity index (χ2n) is 4.80. The van der Waals surface area contributed by atoms with E-state index >= 15 is 0 Å². The SMILES string of the molecule is CCCC(C)COC(=O)CC(N)c1ccccc1. The van der Waals surface area contributed by atoms with Crippen molar-refractivity contribution in [1.82, 2.24) is 0 Å². The van der Waals surface area contributed by atoms with Crippen molar-refractivity contribution in [3.63, 3.8) is 0 Å². The van der Waals surface area contributed by atoms with Crippen molar-refractivity contribution in [1.29, 1.82) is 0 Å². The minimum atomic E-state index is -0.278. The Bertz CT molecular complexity index is 351. The van der Waals surface area contributed by atoms with Gasteiger partial charge in [-0.2, -0.15) is 0 Å². The van der Waals surface area contributed by atoms with Gasteiger partial charge in [-0.15, -0.1) is 0 Å². The molecule has 3 nitrogen and oxygen atoms in total. The molecule has 1 aromatic rings. The summed E-state index contributed by atoms with van der Waals surface area (Å²) in [6, 6.07) is 9.35. The third-order valence-electron chi connectivity index (χ3n) is 2.92. The molecule has 0 aromatic heterocycles. The Hall–Kier alpha value is -1.35. The molecule has 2 unspecified atom stereocenters. The van der Waals surface area contributed by atoms with E-state index in [0.29, 0.717) is 12.5 Å². The summed E-state index contributed by atoms with van der Waals surface area (Å²) in [6.45, 7) is 4.71. The van der Waals surface area contributed by atoms with Crippen LogP contribution in [0.15, 0.2) is 30.3 Å². The number of carbonyl (C=O) groups is 1. The molecule has 0 spiro atoms. The van der Waals surface area contributed by atoms with Gasteiger partial charge in [0.15, 0.2) is 0 Å². The van der Waals surface area contributed by atoms with Crippen molar-refractivity contribution in [2.24, 2.45) is 11.7 Å². The van der Waals surface area contributed by atoms with Crippen LogP contribution in [-0.4, -0.2) is 12.6 Å². The molecule has 1 aromatic carbocycles. The van der Waals surface area contributed by atoms with Gasteiger partial charge in [0.25, 0.3) is 0 Å². The number of carbonyl (C=O) groups excluding carboxylic acids is 1. The van der Waals surface area contributed by atoms with Gasteiger partial charge >= 0.3 is 5.97 Å². The molecule has 3 heteroatoms. The molecule has 0 aliphatic rings. The van der Waals surface area contributed by atoms with Crippen molar-refractivity contribution in [2.75, 3.05) is 6.61 Å². The number of nitrogens with two attached hydrogens (primary N) is 1. The van der Waals surface area contributed by atoms with Crippen LogP contribution in [0.5, 0.6) is 0 Å². The number of ether oxygens (including phenoxy) is 1. The standard InChI is InChI=1S/C15H23NO2/c1-3-7-12(2)11-18-15(17)10-14(16)13-8-5-4-6-9-13/h4-6,8-9,12,14H,3,7,10-11,16H2,1-2H3. The van der Waals surface area contributed by atoms with E-state index in [2.05, 4.69) is 13.8 Å². The van der Waals surface area contributed by atoms with E-state index in [1.807, 2.05) is 30.3 Å². The van der Waals surface area contributed by atoms with Crippen molar-refractivity contribution in [3.05, 3.63) is 35.9 Å². The topological polar surface area (TPSA) is 52.3 Å². The van der Waals surface area contributed by atoms with Crippen LogP contribution < -0.4 is 5.73 Å². The highest BCUT2D eigenvalue weighted by Gasteiger charge is 2.13. The quantitative estimate of drug-likeness (QED) is 0.756. The number of rotatable bonds is 7. The van der Waals surface area contributed by atoms with Crippen molar-refractivity contribution >= 4 is 5.97 Å². The monoisotopic (exact) mass is 249 g/mol. The third-order valence-corrected chi connectivity index (χ3v) is 2.92. The number of hydrogen-bond donors (Lipinski definition) is 1. The van der Waals surface area contributed by atoms with Crippen LogP contribution in [0.4, 0.5) is 0 Å². The first-order valence-electron chi connectivity index (χ1n) is 6.59. The molecule has 100 valence electrons. The fourth-order valence-electron chi connectivity index (χ4n) is 1.87. The number of hydrogen-bond acceptors (Lipinski definition) is 3. The first kappa shape index (κ1) is 14.7. The van der Waals surface area contributed by atoms with Crippen molar-refractivity contribution in [2.45, 2.75) is 39.2 Å². The van der Waals surface area contributed by atoms with Gasteiger partial charge in [-0.25, -0.2) is 0 Å². The zero-order chi connectivity index (χ0) is 13.4. The summed E-state index contributed by atoms with van der Waals surface area (Å²) in [5, 5.41) is 0. The summed E-state index contributed by atoms with van der Waals surface area (Å²) >= 11 is 0. The zero-order valence-electron chi connectivity index (χ0n) is 11.3. The van der Waals surface area contributed by atoms with Gasteiger partial charge < -0.3 is 10.5 Å². The van der Waals surface area contributed by atoms with Crippen LogP contribution in [-0.2, 0) is 9.53 Å². The Kier molecular flexibility index (Phi) is 6.44. The number of esters is 1. The highest BCUT2D eigenvalue weighted by molar-refractivity contribution is 5.70. The maximum absolute atomic E-state index is 11.6. The molecule has 2 N–H and O–H groups in total. The lowest BCUT2D eigenvalue weighted by Crippen LogP contribution is -2.19. The highest BCUT2D eigenvalue weighted by atomic mass is 16.5. The summed E-state index contributed by atoms with van der Waals surface area (Å²) < 4.78 is 5.23. The van der Waals surface area contributed by atoms with Crippen LogP contribution in [0.25, 0.3) is 0 Å². The predicted molar refractivity (Wildman–Crippen MR) is 73.0 cm³/mol. The first-order chi connectivity index (χ1) is 8.63. The molecule has 1 rings (SSSR count). The lowest BCUT2D eigenvalue weighted by molar-refractivity contribution is -0.145. The fourth-order valence-corrected chi connectivity index (χ4v) is 1.87. The van der Waals surface area contributed by atoms with Crippen LogP contribution in [0.2, 0.25) is 0 Å². The van der Waals surface area contributed by atoms with E-state index in [-0.39, 0.29) is 18.4 Å². The smallest absolute Gasteiger partial charge is 0.307 e. The zero-order valence-corrected chi connectivity index (χ0v) is 11.3. The van der Waals surface area contributed by atoms with E-state index in [0.717, 1.165) is 18.4 Å². The second-order valence-corrected chi connectivity index (χ2v) is 4.80. The lowest BCUT2D eigenvalue weighted by Gasteiger charge is -2.14. The Morgan fingerprint density at radius 2 is 2.00 bits per heavy atom. The van der Waals surface area contributed by atoms with Crippen LogP contribution in [0.1, 0.15) is 44.7 Å². The molecule has 18 heavy (non-hydrogen) atoms. The fraction of sp³-hybridized carbons (Fsp3) is 0.533. The van der Waals surface area contributed by atoms with Gasteiger partial charge in [0, 0.05) is 6.04 Å². The Balaban J connectivity index is 2.32. The molecule has 0 aliphatic carbocycles. The van der Waals surface area contributed by atoms with E-state index < -0.39 is 0 Å². The molecule has 0 fully saturated rings. The average molecular weight is 249 g/mol. The molecule has 0 saturated heterocycles. The van der Waals surface area contributed by atoms with Gasteiger partial charge in [-0.1, -0.05) is 50.6 Å². The third kappa shape index (κ3) is 5.32. The molecule has 2 atom stereocenters. The second kappa shape index (κ2) is 7.88. The highest BCUT2D eigenvalue weighted by Crippen LogP contribution is 2.14. The van der Waals surface area contributed by atoms with Gasteiger partial charge in [0.2, 0.25) is 0 Å². The molecular formula is C15H23NO2. The maximum Gasteiger partial charge on any atom is 0.307 e. The Morgan fingerprint density at radius 1 is 1.33 bits per heavy atom.